The van der Waals surface area contributed by atoms with Crippen LogP contribution in [0.1, 0.15) is 61.6 Å². The van der Waals surface area contributed by atoms with Gasteiger partial charge in [-0.1, -0.05) is 32.6 Å². The van der Waals surface area contributed by atoms with Crippen LogP contribution in [0.2, 0.25) is 0 Å². The number of nitrogens with two attached hydrogens (primary N) is 1. The van der Waals surface area contributed by atoms with Crippen molar-refractivity contribution < 1.29 is 9.90 Å². The van der Waals surface area contributed by atoms with Crippen molar-refractivity contribution in [1.29, 1.82) is 0 Å². The zero-order chi connectivity index (χ0) is 14.6. The van der Waals surface area contributed by atoms with Crippen molar-refractivity contribution in [3.05, 3.63) is 11.4 Å². The van der Waals surface area contributed by atoms with Gasteiger partial charge in [-0.3, -0.25) is 9.89 Å². The van der Waals surface area contributed by atoms with Crippen LogP contribution in [0, 0.1) is 0 Å². The van der Waals surface area contributed by atoms with E-state index in [2.05, 4.69) is 15.5 Å². The number of anilines is 1. The van der Waals surface area contributed by atoms with Crippen molar-refractivity contribution in [2.45, 2.75) is 57.4 Å². The molecule has 5 N–H and O–H groups in total. The smallest absolute Gasteiger partial charge is 0.274 e. The third kappa shape index (κ3) is 2.95. The molecule has 1 aromatic rings. The van der Waals surface area contributed by atoms with Crippen molar-refractivity contribution in [2.75, 3.05) is 12.3 Å². The fourth-order valence-electron chi connectivity index (χ4n) is 2.85. The van der Waals surface area contributed by atoms with Crippen LogP contribution < -0.4 is 11.1 Å². The summed E-state index contributed by atoms with van der Waals surface area (Å²) in [4.78, 5) is 12.3. The summed E-state index contributed by atoms with van der Waals surface area (Å²) in [5.41, 5.74) is 6.93. The molecule has 0 atom stereocenters. The number of hydrogen-bond acceptors (Lipinski definition) is 4. The Balaban J connectivity index is 2.11. The number of carbonyl (C=O) groups excluding carboxylic acids is 1. The van der Waals surface area contributed by atoms with Gasteiger partial charge in [-0.05, 0) is 19.3 Å². The molecule has 0 spiro atoms. The van der Waals surface area contributed by atoms with Crippen molar-refractivity contribution in [2.24, 2.45) is 0 Å². The number of aromatic nitrogens is 2. The van der Waals surface area contributed by atoms with Gasteiger partial charge in [0.15, 0.2) is 5.69 Å². The Kier molecular flexibility index (Phi) is 4.65. The Morgan fingerprint density at radius 1 is 1.45 bits per heavy atom. The average Bonchev–Trinajstić information content (AvgIpc) is 2.82. The maximum atomic E-state index is 12.3. The van der Waals surface area contributed by atoms with E-state index in [1.54, 1.807) is 0 Å². The van der Waals surface area contributed by atoms with E-state index in [9.17, 15) is 9.90 Å². The maximum Gasteiger partial charge on any atom is 0.274 e. The van der Waals surface area contributed by atoms with Gasteiger partial charge in [-0.2, -0.15) is 5.10 Å². The van der Waals surface area contributed by atoms with Crippen molar-refractivity contribution in [3.8, 4) is 0 Å². The van der Waals surface area contributed by atoms with Gasteiger partial charge >= 0.3 is 0 Å². The Labute approximate surface area is 119 Å². The molecule has 1 saturated carbocycles. The highest BCUT2D eigenvalue weighted by atomic mass is 16.3. The highest BCUT2D eigenvalue weighted by molar-refractivity contribution is 5.98. The fourth-order valence-corrected chi connectivity index (χ4v) is 2.85. The maximum absolute atomic E-state index is 12.3. The number of H-pyrrole nitrogens is 1. The first-order valence-electron chi connectivity index (χ1n) is 7.38. The van der Waals surface area contributed by atoms with Gasteiger partial charge in [0.1, 0.15) is 0 Å². The summed E-state index contributed by atoms with van der Waals surface area (Å²) in [7, 11) is 0. The predicted molar refractivity (Wildman–Crippen MR) is 77.4 cm³/mol. The van der Waals surface area contributed by atoms with Crippen LogP contribution in [0.15, 0.2) is 0 Å². The molecule has 0 unspecified atom stereocenters. The standard InChI is InChI=1S/C14H24N4O2/c1-2-6-10-11(15)12(18-17-10)13(20)16-14(9-19)7-4-3-5-8-14/h19H,2-9,15H2,1H3,(H,16,20)(H,17,18). The zero-order valence-corrected chi connectivity index (χ0v) is 12.0. The van der Waals surface area contributed by atoms with Crippen LogP contribution in [-0.4, -0.2) is 33.4 Å². The molecule has 1 aromatic heterocycles. The molecule has 0 radical (unpaired) electrons. The number of aliphatic hydroxyl groups excluding tert-OH is 1. The van der Waals surface area contributed by atoms with Gasteiger partial charge in [0.25, 0.3) is 5.91 Å². The molecule has 1 fully saturated rings. The molecule has 0 saturated heterocycles. The molecule has 20 heavy (non-hydrogen) atoms. The van der Waals surface area contributed by atoms with Crippen LogP contribution in [0.5, 0.6) is 0 Å². The number of amides is 1. The molecule has 1 aliphatic carbocycles. The molecule has 1 aliphatic rings. The Morgan fingerprint density at radius 3 is 2.75 bits per heavy atom. The van der Waals surface area contributed by atoms with Crippen LogP contribution in [0.25, 0.3) is 0 Å². The van der Waals surface area contributed by atoms with Crippen molar-refractivity contribution >= 4 is 11.6 Å². The number of aryl methyl sites for hydroxylation is 1. The molecule has 0 bridgehead atoms. The fraction of sp³-hybridized carbons (Fsp3) is 0.714. The van der Waals surface area contributed by atoms with E-state index in [1.807, 2.05) is 6.92 Å². The summed E-state index contributed by atoms with van der Waals surface area (Å²) < 4.78 is 0. The van der Waals surface area contributed by atoms with E-state index in [0.717, 1.165) is 50.6 Å². The SMILES string of the molecule is CCCc1[nH]nc(C(=O)NC2(CO)CCCCC2)c1N. The predicted octanol–water partition coefficient (Wildman–Crippen LogP) is 1.37. The van der Waals surface area contributed by atoms with Gasteiger partial charge in [0.2, 0.25) is 0 Å². The molecule has 1 heterocycles. The van der Waals surface area contributed by atoms with Crippen LogP contribution >= 0.6 is 0 Å². The number of nitrogens with zero attached hydrogens (tertiary/aromatic N) is 1. The lowest BCUT2D eigenvalue weighted by Crippen LogP contribution is -2.52. The minimum absolute atomic E-state index is 0.0368. The van der Waals surface area contributed by atoms with Gasteiger partial charge in [-0.25, -0.2) is 0 Å². The van der Waals surface area contributed by atoms with Crippen molar-refractivity contribution in [1.82, 2.24) is 15.5 Å². The largest absolute Gasteiger partial charge is 0.395 e. The number of nitrogens with one attached hydrogen (secondary N) is 2. The van der Waals surface area contributed by atoms with E-state index < -0.39 is 5.54 Å². The number of aromatic amines is 1. The van der Waals surface area contributed by atoms with Crippen LogP contribution in [-0.2, 0) is 6.42 Å². The topological polar surface area (TPSA) is 104 Å². The molecule has 0 aromatic carbocycles. The minimum atomic E-state index is -0.508. The molecule has 1 amide bonds. The quantitative estimate of drug-likeness (QED) is 0.654. The minimum Gasteiger partial charge on any atom is -0.395 e. The monoisotopic (exact) mass is 280 g/mol. The Morgan fingerprint density at radius 2 is 2.15 bits per heavy atom. The molecule has 112 valence electrons. The first-order valence-corrected chi connectivity index (χ1v) is 7.38. The summed E-state index contributed by atoms with van der Waals surface area (Å²) in [6.07, 6.45) is 6.53. The normalized spacial score (nSPS) is 17.9. The second kappa shape index (κ2) is 6.26. The van der Waals surface area contributed by atoms with E-state index >= 15 is 0 Å². The average molecular weight is 280 g/mol. The third-order valence-corrected chi connectivity index (χ3v) is 4.09. The zero-order valence-electron chi connectivity index (χ0n) is 12.0. The molecular formula is C14H24N4O2. The number of nitrogen functional groups attached to an aromatic ring is 1. The lowest BCUT2D eigenvalue weighted by atomic mass is 9.82. The third-order valence-electron chi connectivity index (χ3n) is 4.09. The second-order valence-corrected chi connectivity index (χ2v) is 5.67. The molecular weight excluding hydrogens is 256 g/mol. The summed E-state index contributed by atoms with van der Waals surface area (Å²) in [6, 6.07) is 0. The van der Waals surface area contributed by atoms with E-state index in [-0.39, 0.29) is 18.2 Å². The highest BCUT2D eigenvalue weighted by Gasteiger charge is 2.34. The van der Waals surface area contributed by atoms with Crippen LogP contribution in [0.3, 0.4) is 0 Å². The molecule has 2 rings (SSSR count). The number of rotatable bonds is 5. The first-order chi connectivity index (χ1) is 9.62. The van der Waals surface area contributed by atoms with E-state index in [1.165, 1.54) is 0 Å². The molecule has 6 heteroatoms. The summed E-state index contributed by atoms with van der Waals surface area (Å²) in [5, 5.41) is 19.4. The van der Waals surface area contributed by atoms with Gasteiger partial charge < -0.3 is 16.2 Å². The Bertz CT molecular complexity index is 464. The second-order valence-electron chi connectivity index (χ2n) is 5.67. The van der Waals surface area contributed by atoms with E-state index in [0.29, 0.717) is 5.69 Å². The lowest BCUT2D eigenvalue weighted by Gasteiger charge is -2.36. The summed E-state index contributed by atoms with van der Waals surface area (Å²) in [6.45, 7) is 2.01. The van der Waals surface area contributed by atoms with Gasteiger partial charge in [0, 0.05) is 0 Å². The van der Waals surface area contributed by atoms with Gasteiger partial charge in [-0.15, -0.1) is 0 Å². The molecule has 0 aliphatic heterocycles. The van der Waals surface area contributed by atoms with Gasteiger partial charge in [0.05, 0.1) is 23.5 Å². The highest BCUT2D eigenvalue weighted by Crippen LogP contribution is 2.28. The summed E-state index contributed by atoms with van der Waals surface area (Å²) >= 11 is 0. The first kappa shape index (κ1) is 14.8. The van der Waals surface area contributed by atoms with E-state index in [4.69, 9.17) is 5.73 Å². The Hall–Kier alpha value is -1.56. The number of hydrogen-bond donors (Lipinski definition) is 4. The summed E-state index contributed by atoms with van der Waals surface area (Å²) in [5.74, 6) is -0.294. The van der Waals surface area contributed by atoms with Crippen LogP contribution in [0.4, 0.5) is 5.69 Å². The lowest BCUT2D eigenvalue weighted by molar-refractivity contribution is 0.0754. The number of carbonyl (C=O) groups is 1. The number of aliphatic hydroxyl groups is 1. The molecule has 6 nitrogen and oxygen atoms in total. The van der Waals surface area contributed by atoms with Crippen molar-refractivity contribution in [3.63, 3.8) is 0 Å².